The monoisotopic (exact) mass is 490 g/mol. The molecule has 2 atom stereocenters. The Labute approximate surface area is 187 Å². The summed E-state index contributed by atoms with van der Waals surface area (Å²) in [6.07, 6.45) is 4.27. The summed E-state index contributed by atoms with van der Waals surface area (Å²) in [6.45, 7) is 4.20. The molecule has 12 heteroatoms. The van der Waals surface area contributed by atoms with E-state index in [2.05, 4.69) is 10.00 Å². The van der Waals surface area contributed by atoms with Gasteiger partial charge in [-0.25, -0.2) is 21.5 Å². The molecule has 0 spiro atoms. The van der Waals surface area contributed by atoms with Crippen molar-refractivity contribution in [1.82, 2.24) is 19.6 Å². The number of hydrogen-bond donors (Lipinski definition) is 0. The van der Waals surface area contributed by atoms with Gasteiger partial charge < -0.3 is 4.90 Å². The summed E-state index contributed by atoms with van der Waals surface area (Å²) in [5.41, 5.74) is 1.26. The van der Waals surface area contributed by atoms with Crippen LogP contribution in [0, 0.1) is 6.92 Å². The van der Waals surface area contributed by atoms with Gasteiger partial charge in [-0.05, 0) is 25.8 Å². The maximum absolute atomic E-state index is 12.6. The van der Waals surface area contributed by atoms with Crippen molar-refractivity contribution in [3.05, 3.63) is 22.5 Å². The molecule has 9 nitrogen and oxygen atoms in total. The zero-order valence-electron chi connectivity index (χ0n) is 17.4. The summed E-state index contributed by atoms with van der Waals surface area (Å²) in [5.74, 6) is 0.494. The van der Waals surface area contributed by atoms with Crippen LogP contribution in [-0.2, 0) is 24.5 Å². The van der Waals surface area contributed by atoms with Gasteiger partial charge in [0, 0.05) is 43.9 Å². The molecule has 1 aromatic heterocycles. The fourth-order valence-electron chi connectivity index (χ4n) is 4.56. The highest BCUT2D eigenvalue weighted by molar-refractivity contribution is 7.91. The van der Waals surface area contributed by atoms with Crippen LogP contribution in [0.5, 0.6) is 0 Å². The molecule has 3 aliphatic rings. The second-order valence-electron chi connectivity index (χ2n) is 8.54. The van der Waals surface area contributed by atoms with E-state index in [0.29, 0.717) is 55.4 Å². The van der Waals surface area contributed by atoms with E-state index in [9.17, 15) is 21.6 Å². The Balaban J connectivity index is 1.37. The van der Waals surface area contributed by atoms with Crippen LogP contribution in [-0.4, -0.2) is 97.6 Å². The van der Waals surface area contributed by atoms with Gasteiger partial charge in [0.15, 0.2) is 19.7 Å². The summed E-state index contributed by atoms with van der Waals surface area (Å²) in [5, 5.41) is 4.75. The van der Waals surface area contributed by atoms with Crippen molar-refractivity contribution in [1.29, 1.82) is 0 Å². The van der Waals surface area contributed by atoms with Crippen LogP contribution >= 0.6 is 11.6 Å². The van der Waals surface area contributed by atoms with E-state index in [1.165, 1.54) is 6.08 Å². The molecule has 0 saturated carbocycles. The lowest BCUT2D eigenvalue weighted by Gasteiger charge is -2.37. The average molecular weight is 491 g/mol. The van der Waals surface area contributed by atoms with Crippen LogP contribution in [0.25, 0.3) is 6.08 Å². The van der Waals surface area contributed by atoms with Crippen molar-refractivity contribution in [2.75, 3.05) is 49.2 Å². The molecule has 0 radical (unpaired) electrons. The van der Waals surface area contributed by atoms with E-state index in [-0.39, 0.29) is 41.0 Å². The van der Waals surface area contributed by atoms with Crippen molar-refractivity contribution in [2.24, 2.45) is 0 Å². The van der Waals surface area contributed by atoms with Crippen LogP contribution < -0.4 is 0 Å². The van der Waals surface area contributed by atoms with Gasteiger partial charge >= 0.3 is 0 Å². The van der Waals surface area contributed by atoms with Gasteiger partial charge in [0.05, 0.1) is 34.7 Å². The maximum Gasteiger partial charge on any atom is 0.246 e. The number of hydrogen-bond acceptors (Lipinski definition) is 7. The second kappa shape index (κ2) is 8.49. The number of carbonyl (C=O) groups excluding carboxylic acids is 1. The second-order valence-corrected chi connectivity index (χ2v) is 13.4. The Kier molecular flexibility index (Phi) is 6.23. The Bertz CT molecular complexity index is 1100. The van der Waals surface area contributed by atoms with E-state index in [0.717, 1.165) is 0 Å². The number of amides is 1. The number of aromatic nitrogens is 2. The number of sulfone groups is 2. The first-order chi connectivity index (χ1) is 14.5. The first-order valence-electron chi connectivity index (χ1n) is 10.4. The zero-order chi connectivity index (χ0) is 22.4. The topological polar surface area (TPSA) is 110 Å². The standard InChI is InChI=1S/C19H27ClN4O5S2/c1-14-17(19(20)24(21-14)16-5-11-31(28,29)13-16)2-3-18(25)23-8-6-22(7-9-23)15-4-10-30(26,27)12-15/h2-3,15-16H,4-13H2,1H3. The van der Waals surface area contributed by atoms with E-state index in [1.807, 2.05) is 0 Å². The smallest absolute Gasteiger partial charge is 0.246 e. The van der Waals surface area contributed by atoms with E-state index in [1.54, 1.807) is 22.6 Å². The quantitative estimate of drug-likeness (QED) is 0.567. The molecular formula is C19H27ClN4O5S2. The molecule has 0 bridgehead atoms. The first kappa shape index (κ1) is 22.8. The molecule has 1 aromatic rings. The summed E-state index contributed by atoms with van der Waals surface area (Å²) in [4.78, 5) is 16.6. The van der Waals surface area contributed by atoms with Crippen LogP contribution in [0.1, 0.15) is 30.1 Å². The van der Waals surface area contributed by atoms with Crippen molar-refractivity contribution in [3.8, 4) is 0 Å². The molecule has 2 unspecified atom stereocenters. The maximum atomic E-state index is 12.6. The van der Waals surface area contributed by atoms with Gasteiger partial charge in [0.25, 0.3) is 0 Å². The third kappa shape index (κ3) is 4.99. The molecule has 172 valence electrons. The van der Waals surface area contributed by atoms with Crippen LogP contribution in [0.3, 0.4) is 0 Å². The predicted octanol–water partition coefficient (Wildman–Crippen LogP) is 0.549. The molecule has 0 N–H and O–H groups in total. The number of nitrogens with zero attached hydrogens (tertiary/aromatic N) is 4. The summed E-state index contributed by atoms with van der Waals surface area (Å²) >= 11 is 6.46. The van der Waals surface area contributed by atoms with Gasteiger partial charge in [-0.15, -0.1) is 0 Å². The summed E-state index contributed by atoms with van der Waals surface area (Å²) in [6, 6.07) is -0.217. The Morgan fingerprint density at radius 2 is 1.58 bits per heavy atom. The number of aryl methyl sites for hydroxylation is 1. The molecule has 0 aromatic carbocycles. The lowest BCUT2D eigenvalue weighted by Crippen LogP contribution is -2.52. The number of piperazine rings is 1. The zero-order valence-corrected chi connectivity index (χ0v) is 19.8. The Morgan fingerprint density at radius 1 is 1.00 bits per heavy atom. The fourth-order valence-corrected chi connectivity index (χ4v) is 8.39. The third-order valence-electron chi connectivity index (χ3n) is 6.37. The van der Waals surface area contributed by atoms with E-state index < -0.39 is 19.7 Å². The highest BCUT2D eigenvalue weighted by Gasteiger charge is 2.34. The molecule has 3 fully saturated rings. The Hall–Kier alpha value is -1.43. The first-order valence-corrected chi connectivity index (χ1v) is 14.4. The van der Waals surface area contributed by atoms with E-state index in [4.69, 9.17) is 11.6 Å². The molecule has 3 aliphatic heterocycles. The van der Waals surface area contributed by atoms with Crippen LogP contribution in [0.2, 0.25) is 5.15 Å². The van der Waals surface area contributed by atoms with Gasteiger partial charge in [-0.3, -0.25) is 9.69 Å². The molecular weight excluding hydrogens is 464 g/mol. The minimum Gasteiger partial charge on any atom is -0.337 e. The normalized spacial score (nSPS) is 28.5. The molecule has 4 rings (SSSR count). The number of carbonyl (C=O) groups is 1. The van der Waals surface area contributed by atoms with Crippen LogP contribution in [0.15, 0.2) is 6.08 Å². The lowest BCUT2D eigenvalue weighted by molar-refractivity contribution is -0.127. The lowest BCUT2D eigenvalue weighted by atomic mass is 10.2. The van der Waals surface area contributed by atoms with Gasteiger partial charge in [-0.2, -0.15) is 5.10 Å². The van der Waals surface area contributed by atoms with Crippen molar-refractivity contribution < 1.29 is 21.6 Å². The molecule has 1 amide bonds. The molecule has 0 aliphatic carbocycles. The highest BCUT2D eigenvalue weighted by atomic mass is 35.5. The van der Waals surface area contributed by atoms with Crippen LogP contribution in [0.4, 0.5) is 0 Å². The van der Waals surface area contributed by atoms with Crippen molar-refractivity contribution in [3.63, 3.8) is 0 Å². The minimum absolute atomic E-state index is 0.0303. The van der Waals surface area contributed by atoms with Crippen molar-refractivity contribution in [2.45, 2.75) is 31.8 Å². The average Bonchev–Trinajstić information content (AvgIpc) is 3.35. The molecule has 31 heavy (non-hydrogen) atoms. The van der Waals surface area contributed by atoms with Gasteiger partial charge in [-0.1, -0.05) is 11.6 Å². The van der Waals surface area contributed by atoms with E-state index >= 15 is 0 Å². The minimum atomic E-state index is -3.06. The third-order valence-corrected chi connectivity index (χ3v) is 10.2. The summed E-state index contributed by atoms with van der Waals surface area (Å²) in [7, 11) is -5.98. The predicted molar refractivity (Wildman–Crippen MR) is 119 cm³/mol. The molecule has 4 heterocycles. The van der Waals surface area contributed by atoms with Gasteiger partial charge in [0.1, 0.15) is 5.15 Å². The summed E-state index contributed by atoms with van der Waals surface area (Å²) < 4.78 is 48.5. The van der Waals surface area contributed by atoms with Gasteiger partial charge in [0.2, 0.25) is 5.91 Å². The largest absolute Gasteiger partial charge is 0.337 e. The SMILES string of the molecule is Cc1nn(C2CCS(=O)(=O)C2)c(Cl)c1C=CC(=O)N1CCN(C2CCS(=O)(=O)C2)CC1. The number of halogens is 1. The highest BCUT2D eigenvalue weighted by Crippen LogP contribution is 2.30. The molecule has 3 saturated heterocycles. The Morgan fingerprint density at radius 3 is 2.13 bits per heavy atom. The fraction of sp³-hybridized carbons (Fsp3) is 0.684. The number of rotatable bonds is 4. The van der Waals surface area contributed by atoms with Crippen molar-refractivity contribution >= 4 is 43.3 Å².